The monoisotopic (exact) mass is 462 g/mol. The molecule has 0 spiro atoms. The first-order valence-electron chi connectivity index (χ1n) is 12.9. The van der Waals surface area contributed by atoms with Crippen LogP contribution in [-0.2, 0) is 6.42 Å². The van der Waals surface area contributed by atoms with Gasteiger partial charge in [-0.1, -0.05) is 112 Å². The second-order valence-corrected chi connectivity index (χ2v) is 11.6. The summed E-state index contributed by atoms with van der Waals surface area (Å²) < 4.78 is 0. The molecule has 1 unspecified atom stereocenters. The zero-order valence-electron chi connectivity index (χ0n) is 22.7. The molecule has 35 heavy (non-hydrogen) atoms. The lowest BCUT2D eigenvalue weighted by molar-refractivity contribution is 0.411. The molecule has 2 atom stereocenters. The van der Waals surface area contributed by atoms with Crippen LogP contribution in [0.15, 0.2) is 78.9 Å². The van der Waals surface area contributed by atoms with Crippen LogP contribution in [0, 0.1) is 30.6 Å². The molecule has 0 saturated heterocycles. The second kappa shape index (κ2) is 11.1. The minimum absolute atomic E-state index is 0.272. The fourth-order valence-electron chi connectivity index (χ4n) is 5.18. The number of hydrogen-bond acceptors (Lipinski definition) is 0. The molecular formula is C35H42. The van der Waals surface area contributed by atoms with Crippen molar-refractivity contribution in [1.82, 2.24) is 0 Å². The SMILES string of the molecule is C#CCCC(=C)c1ccc(C2C=C(C)C=C2[C@H](C)CC(=C)c2cc(C)cc(CC(C)(C)C)c2)cc1. The van der Waals surface area contributed by atoms with E-state index in [4.69, 9.17) is 6.42 Å². The van der Waals surface area contributed by atoms with Gasteiger partial charge in [0.25, 0.3) is 0 Å². The molecule has 0 saturated carbocycles. The number of rotatable bonds is 9. The zero-order valence-corrected chi connectivity index (χ0v) is 22.7. The van der Waals surface area contributed by atoms with E-state index in [0.717, 1.165) is 31.3 Å². The normalized spacial score (nSPS) is 16.3. The van der Waals surface area contributed by atoms with E-state index in [1.807, 2.05) is 0 Å². The van der Waals surface area contributed by atoms with Crippen LogP contribution in [0.4, 0.5) is 0 Å². The van der Waals surface area contributed by atoms with Crippen molar-refractivity contribution in [1.29, 1.82) is 0 Å². The number of terminal acetylenes is 1. The molecule has 0 aromatic heterocycles. The second-order valence-electron chi connectivity index (χ2n) is 11.6. The molecule has 0 bridgehead atoms. The van der Waals surface area contributed by atoms with E-state index in [9.17, 15) is 0 Å². The Bertz CT molecular complexity index is 1180. The van der Waals surface area contributed by atoms with Crippen LogP contribution in [0.25, 0.3) is 11.1 Å². The van der Waals surface area contributed by atoms with Crippen molar-refractivity contribution in [3.05, 3.63) is 107 Å². The highest BCUT2D eigenvalue weighted by atomic mass is 14.3. The Labute approximate surface area is 214 Å². The van der Waals surface area contributed by atoms with E-state index in [1.54, 1.807) is 0 Å². The molecule has 182 valence electrons. The summed E-state index contributed by atoms with van der Waals surface area (Å²) in [5.74, 6) is 3.44. The van der Waals surface area contributed by atoms with Crippen LogP contribution in [0.1, 0.15) is 87.6 Å². The summed E-state index contributed by atoms with van der Waals surface area (Å²) in [4.78, 5) is 0. The predicted octanol–water partition coefficient (Wildman–Crippen LogP) is 9.72. The van der Waals surface area contributed by atoms with Crippen molar-refractivity contribution in [3.8, 4) is 12.3 Å². The molecule has 2 aromatic rings. The smallest absolute Gasteiger partial charge is 0.0239 e. The maximum absolute atomic E-state index is 5.42. The zero-order chi connectivity index (χ0) is 25.8. The van der Waals surface area contributed by atoms with Crippen molar-refractivity contribution >= 4 is 11.1 Å². The van der Waals surface area contributed by atoms with Crippen LogP contribution >= 0.6 is 0 Å². The van der Waals surface area contributed by atoms with Gasteiger partial charge in [0.1, 0.15) is 0 Å². The Kier molecular flexibility index (Phi) is 8.45. The van der Waals surface area contributed by atoms with E-state index < -0.39 is 0 Å². The van der Waals surface area contributed by atoms with Gasteiger partial charge in [-0.3, -0.25) is 0 Å². The summed E-state index contributed by atoms with van der Waals surface area (Å²) in [6, 6.07) is 15.9. The average Bonchev–Trinajstić information content (AvgIpc) is 3.17. The summed E-state index contributed by atoms with van der Waals surface area (Å²) in [5, 5.41) is 0. The van der Waals surface area contributed by atoms with E-state index in [-0.39, 0.29) is 5.41 Å². The minimum Gasteiger partial charge on any atom is -0.120 e. The first-order chi connectivity index (χ1) is 16.5. The third kappa shape index (κ3) is 7.22. The molecule has 0 heterocycles. The van der Waals surface area contributed by atoms with Gasteiger partial charge in [-0.15, -0.1) is 12.3 Å². The molecule has 0 nitrogen and oxygen atoms in total. The molecule has 0 aliphatic heterocycles. The van der Waals surface area contributed by atoms with Gasteiger partial charge < -0.3 is 0 Å². The van der Waals surface area contributed by atoms with Gasteiger partial charge in [0.15, 0.2) is 0 Å². The maximum Gasteiger partial charge on any atom is 0.0239 e. The molecule has 0 N–H and O–H groups in total. The van der Waals surface area contributed by atoms with Gasteiger partial charge in [-0.05, 0) is 77.8 Å². The van der Waals surface area contributed by atoms with Gasteiger partial charge in [-0.2, -0.15) is 0 Å². The fraction of sp³-hybridized carbons (Fsp3) is 0.371. The number of hydrogen-bond donors (Lipinski definition) is 0. The molecule has 1 aliphatic carbocycles. The highest BCUT2D eigenvalue weighted by Gasteiger charge is 2.25. The van der Waals surface area contributed by atoms with Crippen molar-refractivity contribution in [2.75, 3.05) is 0 Å². The third-order valence-electron chi connectivity index (χ3n) is 6.83. The van der Waals surface area contributed by atoms with E-state index >= 15 is 0 Å². The standard InChI is InChI=1S/C35H42/c1-10-11-12-26(4)30-13-15-31(16-14-30)34-20-25(3)19-33(34)28(6)21-27(5)32-18-24(2)17-29(22-32)23-35(7,8)9/h1,13-20,22,28,34H,4-5,11-12,21,23H2,2-3,6-9H3/t28-,34?/m1/s1. The first kappa shape index (κ1) is 26.6. The highest BCUT2D eigenvalue weighted by molar-refractivity contribution is 5.66. The van der Waals surface area contributed by atoms with Crippen LogP contribution in [0.3, 0.4) is 0 Å². The minimum atomic E-state index is 0.272. The summed E-state index contributed by atoms with van der Waals surface area (Å²) in [6.45, 7) is 22.4. The maximum atomic E-state index is 5.42. The summed E-state index contributed by atoms with van der Waals surface area (Å²) in [6.07, 6.45) is 13.8. The van der Waals surface area contributed by atoms with Gasteiger partial charge in [0.2, 0.25) is 0 Å². The van der Waals surface area contributed by atoms with Crippen LogP contribution < -0.4 is 0 Å². The quantitative estimate of drug-likeness (QED) is 0.325. The summed E-state index contributed by atoms with van der Waals surface area (Å²) >= 11 is 0. The molecule has 2 aromatic carbocycles. The largest absolute Gasteiger partial charge is 0.120 e. The Morgan fingerprint density at radius 3 is 2.31 bits per heavy atom. The highest BCUT2D eigenvalue weighted by Crippen LogP contribution is 2.41. The Morgan fingerprint density at radius 2 is 1.69 bits per heavy atom. The van der Waals surface area contributed by atoms with Crippen LogP contribution in [-0.4, -0.2) is 0 Å². The Morgan fingerprint density at radius 1 is 1.00 bits per heavy atom. The average molecular weight is 463 g/mol. The number of aryl methyl sites for hydroxylation is 1. The van der Waals surface area contributed by atoms with Crippen molar-refractivity contribution in [2.45, 2.75) is 73.1 Å². The molecule has 0 heteroatoms. The van der Waals surface area contributed by atoms with Gasteiger partial charge in [0, 0.05) is 12.3 Å². The lowest BCUT2D eigenvalue weighted by Crippen LogP contribution is -2.10. The van der Waals surface area contributed by atoms with Crippen LogP contribution in [0.2, 0.25) is 0 Å². The topological polar surface area (TPSA) is 0 Å². The van der Waals surface area contributed by atoms with Crippen molar-refractivity contribution in [3.63, 3.8) is 0 Å². The molecule has 0 fully saturated rings. The fourth-order valence-corrected chi connectivity index (χ4v) is 5.18. The number of benzene rings is 2. The van der Waals surface area contributed by atoms with Crippen molar-refractivity contribution < 1.29 is 0 Å². The van der Waals surface area contributed by atoms with Crippen molar-refractivity contribution in [2.24, 2.45) is 11.3 Å². The lowest BCUT2D eigenvalue weighted by Gasteiger charge is -2.23. The van der Waals surface area contributed by atoms with Crippen LogP contribution in [0.5, 0.6) is 0 Å². The van der Waals surface area contributed by atoms with Gasteiger partial charge in [0.05, 0.1) is 0 Å². The number of allylic oxidation sites excluding steroid dienone is 6. The summed E-state index contributed by atoms with van der Waals surface area (Å²) in [5.41, 5.74) is 11.9. The molecule has 3 rings (SSSR count). The molecule has 0 amide bonds. The molecule has 1 aliphatic rings. The third-order valence-corrected chi connectivity index (χ3v) is 6.83. The lowest BCUT2D eigenvalue weighted by atomic mass is 9.81. The predicted molar refractivity (Wildman–Crippen MR) is 155 cm³/mol. The summed E-state index contributed by atoms with van der Waals surface area (Å²) in [7, 11) is 0. The first-order valence-corrected chi connectivity index (χ1v) is 12.9. The van der Waals surface area contributed by atoms with Gasteiger partial charge in [-0.25, -0.2) is 0 Å². The van der Waals surface area contributed by atoms with E-state index in [2.05, 4.69) is 115 Å². The van der Waals surface area contributed by atoms with Gasteiger partial charge >= 0.3 is 0 Å². The van der Waals surface area contributed by atoms with E-state index in [1.165, 1.54) is 44.5 Å². The Hall–Kier alpha value is -3.04. The Balaban J connectivity index is 1.75. The molecular weight excluding hydrogens is 420 g/mol. The van der Waals surface area contributed by atoms with E-state index in [0.29, 0.717) is 11.8 Å². The molecule has 0 radical (unpaired) electrons.